The van der Waals surface area contributed by atoms with E-state index in [-0.39, 0.29) is 17.7 Å². The molecule has 8 nitrogen and oxygen atoms in total. The van der Waals surface area contributed by atoms with E-state index >= 15 is 0 Å². The molecule has 2 fully saturated rings. The van der Waals surface area contributed by atoms with Crippen molar-refractivity contribution in [2.24, 2.45) is 5.92 Å². The van der Waals surface area contributed by atoms with Crippen LogP contribution in [0.25, 0.3) is 0 Å². The van der Waals surface area contributed by atoms with E-state index in [1.54, 1.807) is 30.3 Å². The minimum absolute atomic E-state index is 0.206. The Kier molecular flexibility index (Phi) is 5.41. The van der Waals surface area contributed by atoms with E-state index in [4.69, 9.17) is 0 Å². The Balaban J connectivity index is 1.36. The van der Waals surface area contributed by atoms with Gasteiger partial charge in [-0.15, -0.1) is 0 Å². The van der Waals surface area contributed by atoms with Crippen LogP contribution in [0.1, 0.15) is 36.0 Å². The van der Waals surface area contributed by atoms with Crippen LogP contribution >= 0.6 is 0 Å². The first-order valence-corrected chi connectivity index (χ1v) is 9.96. The van der Waals surface area contributed by atoms with E-state index in [1.165, 1.54) is 18.2 Å². The monoisotopic (exact) mass is 424 g/mol. The summed E-state index contributed by atoms with van der Waals surface area (Å²) in [5, 5.41) is 10.3. The summed E-state index contributed by atoms with van der Waals surface area (Å²) >= 11 is 0. The number of carbonyl (C=O) groups excluding carboxylic acids is 4. The van der Waals surface area contributed by atoms with Gasteiger partial charge in [0.25, 0.3) is 11.8 Å². The van der Waals surface area contributed by atoms with Crippen molar-refractivity contribution in [2.45, 2.75) is 31.2 Å². The molecule has 2 aromatic carbocycles. The molecule has 1 saturated carbocycles. The van der Waals surface area contributed by atoms with Crippen molar-refractivity contribution in [1.82, 2.24) is 10.6 Å². The van der Waals surface area contributed by atoms with Gasteiger partial charge in [-0.05, 0) is 62.1 Å². The molecule has 0 aromatic heterocycles. The van der Waals surface area contributed by atoms with Gasteiger partial charge in [0.05, 0.1) is 0 Å². The number of hydrogen-bond acceptors (Lipinski definition) is 4. The van der Waals surface area contributed by atoms with Crippen LogP contribution in [0.15, 0.2) is 48.5 Å². The van der Waals surface area contributed by atoms with Gasteiger partial charge in [-0.2, -0.15) is 0 Å². The third kappa shape index (κ3) is 4.40. The van der Waals surface area contributed by atoms with Gasteiger partial charge in [-0.1, -0.05) is 12.1 Å². The van der Waals surface area contributed by atoms with Gasteiger partial charge in [0.1, 0.15) is 11.4 Å². The molecule has 9 heteroatoms. The van der Waals surface area contributed by atoms with Gasteiger partial charge in [0, 0.05) is 22.9 Å². The number of anilines is 2. The summed E-state index contributed by atoms with van der Waals surface area (Å²) < 4.78 is 13.3. The van der Waals surface area contributed by atoms with E-state index in [1.807, 2.05) is 0 Å². The van der Waals surface area contributed by atoms with Gasteiger partial charge < -0.3 is 16.0 Å². The maximum Gasteiger partial charge on any atom is 0.322 e. The van der Waals surface area contributed by atoms with E-state index < -0.39 is 23.3 Å². The molecular formula is C22H21FN4O4. The Morgan fingerprint density at radius 2 is 1.65 bits per heavy atom. The second-order valence-electron chi connectivity index (χ2n) is 7.80. The van der Waals surface area contributed by atoms with Gasteiger partial charge in [0.15, 0.2) is 0 Å². The maximum atomic E-state index is 13.3. The lowest BCUT2D eigenvalue weighted by Gasteiger charge is -2.33. The fourth-order valence-corrected chi connectivity index (χ4v) is 4.00. The summed E-state index contributed by atoms with van der Waals surface area (Å²) in [5.41, 5.74) is 0.195. The molecule has 2 aliphatic rings. The molecule has 0 bridgehead atoms. The molecule has 1 saturated heterocycles. The van der Waals surface area contributed by atoms with Crippen LogP contribution < -0.4 is 21.3 Å². The molecule has 0 atom stereocenters. The first-order chi connectivity index (χ1) is 14.8. The average Bonchev–Trinajstić information content (AvgIpc) is 3.01. The number of imide groups is 1. The molecule has 31 heavy (non-hydrogen) atoms. The second-order valence-corrected chi connectivity index (χ2v) is 7.80. The lowest BCUT2D eigenvalue weighted by molar-refractivity contribution is -0.128. The third-order valence-electron chi connectivity index (χ3n) is 5.70. The van der Waals surface area contributed by atoms with Crippen molar-refractivity contribution in [1.29, 1.82) is 0 Å². The number of benzene rings is 2. The molecular weight excluding hydrogens is 403 g/mol. The van der Waals surface area contributed by atoms with Gasteiger partial charge in [-0.3, -0.25) is 19.7 Å². The lowest BCUT2D eigenvalue weighted by Crippen LogP contribution is -2.50. The molecule has 1 aliphatic carbocycles. The zero-order valence-corrected chi connectivity index (χ0v) is 16.5. The number of rotatable bonds is 4. The lowest BCUT2D eigenvalue weighted by atomic mass is 9.76. The highest BCUT2D eigenvalue weighted by Crippen LogP contribution is 2.34. The van der Waals surface area contributed by atoms with Gasteiger partial charge >= 0.3 is 6.03 Å². The Morgan fingerprint density at radius 3 is 2.29 bits per heavy atom. The Morgan fingerprint density at radius 1 is 0.968 bits per heavy atom. The fraction of sp³-hybridized carbons (Fsp3) is 0.273. The SMILES string of the molecule is O=C1NC(=O)C2(CCC(C(=O)Nc3cccc(C(=O)Nc4cccc(F)c4)c3)CC2)N1. The number of carbonyl (C=O) groups is 4. The smallest absolute Gasteiger partial charge is 0.322 e. The number of nitrogens with one attached hydrogen (secondary N) is 4. The number of halogens is 1. The van der Waals surface area contributed by atoms with E-state index in [9.17, 15) is 23.6 Å². The normalized spacial score (nSPS) is 22.5. The Bertz CT molecular complexity index is 1060. The summed E-state index contributed by atoms with van der Waals surface area (Å²) in [6.07, 6.45) is 1.69. The van der Waals surface area contributed by atoms with Crippen LogP contribution in [-0.4, -0.2) is 29.3 Å². The first-order valence-electron chi connectivity index (χ1n) is 9.96. The standard InChI is InChI=1S/C22H21FN4O4/c23-15-4-2-6-17(12-15)25-19(29)14-3-1-5-16(11-14)24-18(28)13-7-9-22(10-8-13)20(30)26-21(31)27-22/h1-6,11-13H,7-10H2,(H,24,28)(H,25,29)(H2,26,27,30,31). The van der Waals surface area contributed by atoms with Crippen LogP contribution in [0.4, 0.5) is 20.6 Å². The molecule has 5 amide bonds. The molecule has 4 rings (SSSR count). The molecule has 1 aliphatic heterocycles. The average molecular weight is 424 g/mol. The van der Waals surface area contributed by atoms with E-state index in [0.717, 1.165) is 0 Å². The van der Waals surface area contributed by atoms with Crippen LogP contribution in [0.5, 0.6) is 0 Å². The van der Waals surface area contributed by atoms with Crippen LogP contribution in [-0.2, 0) is 9.59 Å². The highest BCUT2D eigenvalue weighted by atomic mass is 19.1. The quantitative estimate of drug-likeness (QED) is 0.565. The highest BCUT2D eigenvalue weighted by Gasteiger charge is 2.48. The zero-order chi connectivity index (χ0) is 22.0. The van der Waals surface area contributed by atoms with Crippen molar-refractivity contribution in [3.05, 3.63) is 59.9 Å². The Labute approximate surface area is 177 Å². The number of amides is 5. The fourth-order valence-electron chi connectivity index (χ4n) is 4.00. The van der Waals surface area contributed by atoms with Crippen molar-refractivity contribution in [3.63, 3.8) is 0 Å². The maximum absolute atomic E-state index is 13.3. The van der Waals surface area contributed by atoms with Crippen LogP contribution in [0.3, 0.4) is 0 Å². The van der Waals surface area contributed by atoms with Crippen molar-refractivity contribution >= 4 is 35.1 Å². The zero-order valence-electron chi connectivity index (χ0n) is 16.5. The van der Waals surface area contributed by atoms with Crippen molar-refractivity contribution in [2.75, 3.05) is 10.6 Å². The minimum atomic E-state index is -0.914. The Hall–Kier alpha value is -3.75. The molecule has 160 valence electrons. The highest BCUT2D eigenvalue weighted by molar-refractivity contribution is 6.07. The second kappa shape index (κ2) is 8.17. The first kappa shape index (κ1) is 20.5. The minimum Gasteiger partial charge on any atom is -0.326 e. The van der Waals surface area contributed by atoms with Gasteiger partial charge in [0.2, 0.25) is 5.91 Å². The van der Waals surface area contributed by atoms with E-state index in [0.29, 0.717) is 42.6 Å². The largest absolute Gasteiger partial charge is 0.326 e. The molecule has 1 heterocycles. The summed E-state index contributed by atoms with van der Waals surface area (Å²) in [4.78, 5) is 48.6. The summed E-state index contributed by atoms with van der Waals surface area (Å²) in [6.45, 7) is 0. The summed E-state index contributed by atoms with van der Waals surface area (Å²) in [7, 11) is 0. The van der Waals surface area contributed by atoms with Crippen molar-refractivity contribution in [3.8, 4) is 0 Å². The predicted octanol–water partition coefficient (Wildman–Crippen LogP) is 2.78. The molecule has 0 unspecified atom stereocenters. The number of urea groups is 1. The van der Waals surface area contributed by atoms with Crippen LogP contribution in [0, 0.1) is 11.7 Å². The third-order valence-corrected chi connectivity index (χ3v) is 5.70. The summed E-state index contributed by atoms with van der Waals surface area (Å²) in [5.74, 6) is -1.73. The number of hydrogen-bond donors (Lipinski definition) is 4. The molecule has 0 radical (unpaired) electrons. The van der Waals surface area contributed by atoms with E-state index in [2.05, 4.69) is 21.3 Å². The predicted molar refractivity (Wildman–Crippen MR) is 111 cm³/mol. The molecule has 1 spiro atoms. The molecule has 4 N–H and O–H groups in total. The molecule has 2 aromatic rings. The topological polar surface area (TPSA) is 116 Å². The summed E-state index contributed by atoms with van der Waals surface area (Å²) in [6, 6.07) is 11.5. The van der Waals surface area contributed by atoms with Crippen LogP contribution in [0.2, 0.25) is 0 Å². The van der Waals surface area contributed by atoms with Crippen molar-refractivity contribution < 1.29 is 23.6 Å². The van der Waals surface area contributed by atoms with Gasteiger partial charge in [-0.25, -0.2) is 9.18 Å².